The van der Waals surface area contributed by atoms with Crippen molar-refractivity contribution in [3.8, 4) is 0 Å². The molecule has 54 valence electrons. The first-order valence-corrected chi connectivity index (χ1v) is 3.95. The number of hydrogen-bond donors (Lipinski definition) is 1. The molecule has 0 amide bonds. The minimum Gasteiger partial charge on any atom is -0.480 e. The molecule has 2 nitrogen and oxygen atoms in total. The summed E-state index contributed by atoms with van der Waals surface area (Å²) >= 11 is 8.52. The number of carboxylic acids is 1. The molecular formula is C5H8BrClO2. The predicted molar refractivity (Wildman–Crippen MR) is 40.3 cm³/mol. The van der Waals surface area contributed by atoms with Crippen LogP contribution in [-0.2, 0) is 4.79 Å². The van der Waals surface area contributed by atoms with Crippen molar-refractivity contribution in [2.45, 2.75) is 23.5 Å². The molecule has 0 spiro atoms. The summed E-state index contributed by atoms with van der Waals surface area (Å²) in [4.78, 5) is 9.55. The van der Waals surface area contributed by atoms with Gasteiger partial charge in [-0.05, 0) is 6.42 Å². The molecule has 2 atom stereocenters. The van der Waals surface area contributed by atoms with Crippen LogP contribution >= 0.6 is 27.5 Å². The van der Waals surface area contributed by atoms with Crippen LogP contribution in [0.5, 0.6) is 0 Å². The monoisotopic (exact) mass is 214 g/mol. The normalized spacial score (nSPS) is 16.8. The Labute approximate surface area is 67.3 Å². The molecule has 0 radical (unpaired) electrons. The second-order valence-electron chi connectivity index (χ2n) is 1.66. The molecule has 1 N–H and O–H groups in total. The fourth-order valence-corrected chi connectivity index (χ4v) is 0.843. The van der Waals surface area contributed by atoms with Crippen LogP contribution in [0.15, 0.2) is 0 Å². The molecule has 0 aliphatic rings. The van der Waals surface area contributed by atoms with E-state index in [0.29, 0.717) is 6.42 Å². The number of carboxylic acid groups (broad SMARTS) is 1. The van der Waals surface area contributed by atoms with Crippen LogP contribution in [0.1, 0.15) is 13.3 Å². The highest BCUT2D eigenvalue weighted by Crippen LogP contribution is 2.14. The van der Waals surface area contributed by atoms with Crippen molar-refractivity contribution in [2.24, 2.45) is 0 Å². The summed E-state index contributed by atoms with van der Waals surface area (Å²) in [5, 5.41) is 8.04. The van der Waals surface area contributed by atoms with E-state index in [-0.39, 0.29) is 5.38 Å². The quantitative estimate of drug-likeness (QED) is 0.730. The Balaban J connectivity index is 3.72. The third kappa shape index (κ3) is 3.06. The van der Waals surface area contributed by atoms with Crippen LogP contribution in [0.2, 0.25) is 0 Å². The Morgan fingerprint density at radius 2 is 2.33 bits per heavy atom. The summed E-state index contributed by atoms with van der Waals surface area (Å²) < 4.78 is 0. The number of hydrogen-bond acceptors (Lipinski definition) is 1. The average Bonchev–Trinajstić information content (AvgIpc) is 1.84. The van der Waals surface area contributed by atoms with Gasteiger partial charge in [-0.15, -0.1) is 11.6 Å². The lowest BCUT2D eigenvalue weighted by Gasteiger charge is -2.07. The molecule has 0 heterocycles. The number of halogens is 2. The van der Waals surface area contributed by atoms with Crippen LogP contribution in [0.3, 0.4) is 0 Å². The standard InChI is InChI=1S/C5H8BrClO2/c1-2-3(7)4(6)5(8)9/h3-4H,2H2,1H3,(H,8,9). The van der Waals surface area contributed by atoms with E-state index in [1.165, 1.54) is 0 Å². The molecule has 0 aliphatic heterocycles. The molecule has 0 saturated heterocycles. The SMILES string of the molecule is CCC(Cl)C(Br)C(=O)O. The first kappa shape index (κ1) is 9.24. The van der Waals surface area contributed by atoms with Crippen LogP contribution in [-0.4, -0.2) is 21.3 Å². The summed E-state index contributed by atoms with van der Waals surface area (Å²) in [5.74, 6) is -0.906. The minimum absolute atomic E-state index is 0.317. The van der Waals surface area contributed by atoms with Crippen molar-refractivity contribution in [2.75, 3.05) is 0 Å². The fraction of sp³-hybridized carbons (Fsp3) is 0.800. The van der Waals surface area contributed by atoms with E-state index in [1.807, 2.05) is 6.92 Å². The Morgan fingerprint density at radius 3 is 2.44 bits per heavy atom. The molecule has 2 unspecified atom stereocenters. The van der Waals surface area contributed by atoms with Gasteiger partial charge in [-0.1, -0.05) is 22.9 Å². The highest BCUT2D eigenvalue weighted by Gasteiger charge is 2.20. The molecule has 0 fully saturated rings. The van der Waals surface area contributed by atoms with Gasteiger partial charge >= 0.3 is 5.97 Å². The second-order valence-corrected chi connectivity index (χ2v) is 3.21. The molecular weight excluding hydrogens is 207 g/mol. The van der Waals surface area contributed by atoms with E-state index in [4.69, 9.17) is 16.7 Å². The molecule has 4 heteroatoms. The Bertz CT molecular complexity index is 107. The molecule has 0 aromatic carbocycles. The maximum absolute atomic E-state index is 10.2. The van der Waals surface area contributed by atoms with Crippen molar-refractivity contribution in [3.63, 3.8) is 0 Å². The lowest BCUT2D eigenvalue weighted by atomic mass is 10.2. The zero-order valence-corrected chi connectivity index (χ0v) is 7.32. The van der Waals surface area contributed by atoms with Crippen molar-refractivity contribution in [3.05, 3.63) is 0 Å². The summed E-state index contributed by atoms with van der Waals surface area (Å²) in [6.45, 7) is 1.84. The van der Waals surface area contributed by atoms with Gasteiger partial charge in [-0.2, -0.15) is 0 Å². The van der Waals surface area contributed by atoms with Crippen LogP contribution in [0.25, 0.3) is 0 Å². The molecule has 0 rings (SSSR count). The number of aliphatic carboxylic acids is 1. The summed E-state index contributed by atoms with van der Waals surface area (Å²) in [5.41, 5.74) is 0. The van der Waals surface area contributed by atoms with E-state index >= 15 is 0 Å². The zero-order chi connectivity index (χ0) is 7.44. The molecule has 9 heavy (non-hydrogen) atoms. The second kappa shape index (κ2) is 4.12. The molecule has 0 aliphatic carbocycles. The van der Waals surface area contributed by atoms with Crippen molar-refractivity contribution in [1.82, 2.24) is 0 Å². The van der Waals surface area contributed by atoms with Gasteiger partial charge in [0, 0.05) is 0 Å². The smallest absolute Gasteiger partial charge is 0.318 e. The van der Waals surface area contributed by atoms with Gasteiger partial charge in [0.15, 0.2) is 0 Å². The van der Waals surface area contributed by atoms with Crippen LogP contribution in [0.4, 0.5) is 0 Å². The largest absolute Gasteiger partial charge is 0.480 e. The van der Waals surface area contributed by atoms with E-state index in [9.17, 15) is 4.79 Å². The van der Waals surface area contributed by atoms with Gasteiger partial charge in [-0.25, -0.2) is 0 Å². The van der Waals surface area contributed by atoms with E-state index in [1.54, 1.807) is 0 Å². The number of alkyl halides is 2. The van der Waals surface area contributed by atoms with E-state index < -0.39 is 10.8 Å². The van der Waals surface area contributed by atoms with Crippen LogP contribution < -0.4 is 0 Å². The highest BCUT2D eigenvalue weighted by atomic mass is 79.9. The first-order valence-electron chi connectivity index (χ1n) is 2.60. The van der Waals surface area contributed by atoms with E-state index in [2.05, 4.69) is 15.9 Å². The van der Waals surface area contributed by atoms with E-state index in [0.717, 1.165) is 0 Å². The Hall–Kier alpha value is 0.240. The first-order chi connectivity index (χ1) is 4.09. The summed E-state index contributed by atoms with van der Waals surface area (Å²) in [6.07, 6.45) is 0.657. The molecule has 0 saturated carbocycles. The maximum atomic E-state index is 10.2. The predicted octanol–water partition coefficient (Wildman–Crippen LogP) is 1.85. The lowest BCUT2D eigenvalue weighted by molar-refractivity contribution is -0.136. The van der Waals surface area contributed by atoms with Gasteiger partial charge in [0.1, 0.15) is 4.83 Å². The summed E-state index contributed by atoms with van der Waals surface area (Å²) in [6, 6.07) is 0. The Morgan fingerprint density at radius 1 is 1.89 bits per heavy atom. The fourth-order valence-electron chi connectivity index (χ4n) is 0.362. The zero-order valence-electron chi connectivity index (χ0n) is 4.97. The molecule has 0 aromatic heterocycles. The van der Waals surface area contributed by atoms with Crippen molar-refractivity contribution < 1.29 is 9.90 Å². The van der Waals surface area contributed by atoms with Gasteiger partial charge in [0.05, 0.1) is 5.38 Å². The van der Waals surface area contributed by atoms with Crippen molar-refractivity contribution >= 4 is 33.5 Å². The highest BCUT2D eigenvalue weighted by molar-refractivity contribution is 9.10. The lowest BCUT2D eigenvalue weighted by Crippen LogP contribution is -2.23. The minimum atomic E-state index is -0.906. The number of carbonyl (C=O) groups is 1. The Kier molecular flexibility index (Phi) is 4.23. The van der Waals surface area contributed by atoms with Crippen molar-refractivity contribution in [1.29, 1.82) is 0 Å². The molecule has 0 bridgehead atoms. The topological polar surface area (TPSA) is 37.3 Å². The third-order valence-electron chi connectivity index (χ3n) is 0.943. The number of rotatable bonds is 3. The van der Waals surface area contributed by atoms with Crippen LogP contribution in [0, 0.1) is 0 Å². The van der Waals surface area contributed by atoms with Gasteiger partial charge < -0.3 is 5.11 Å². The van der Waals surface area contributed by atoms with Gasteiger partial charge in [0.2, 0.25) is 0 Å². The molecule has 0 aromatic rings. The van der Waals surface area contributed by atoms with Gasteiger partial charge in [0.25, 0.3) is 0 Å². The third-order valence-corrected chi connectivity index (χ3v) is 2.84. The van der Waals surface area contributed by atoms with Gasteiger partial charge in [-0.3, -0.25) is 4.79 Å². The maximum Gasteiger partial charge on any atom is 0.318 e. The summed E-state index contributed by atoms with van der Waals surface area (Å²) in [7, 11) is 0. The average molecular weight is 215 g/mol.